The predicted molar refractivity (Wildman–Crippen MR) is 128 cm³/mol. The maximum atomic E-state index is 10.8. The molecule has 0 radical (unpaired) electrons. The molecule has 0 bridgehead atoms. The highest BCUT2D eigenvalue weighted by Crippen LogP contribution is 2.21. The third-order valence-electron chi connectivity index (χ3n) is 4.36. The van der Waals surface area contributed by atoms with Crippen LogP contribution in [0, 0.1) is 0 Å². The number of amides is 1. The first-order valence-electron chi connectivity index (χ1n) is 9.00. The van der Waals surface area contributed by atoms with Crippen molar-refractivity contribution in [1.82, 2.24) is 10.2 Å². The summed E-state index contributed by atoms with van der Waals surface area (Å²) >= 11 is 6.14. The Kier molecular flexibility index (Phi) is 15.6. The molecule has 9 heteroatoms. The highest BCUT2D eigenvalue weighted by molar-refractivity contribution is 6.30. The van der Waals surface area contributed by atoms with Crippen LogP contribution < -0.4 is 15.8 Å². The normalized spacial score (nSPS) is 12.0. The molecule has 0 spiro atoms. The lowest BCUT2D eigenvalue weighted by molar-refractivity contribution is -0.119. The Bertz CT molecular complexity index is 746. The van der Waals surface area contributed by atoms with E-state index in [1.165, 1.54) is 11.1 Å². The highest BCUT2D eigenvalue weighted by Gasteiger charge is 2.15. The highest BCUT2D eigenvalue weighted by atomic mass is 35.5. The fraction of sp³-hybridized carbons (Fsp3) is 0.381. The van der Waals surface area contributed by atoms with Gasteiger partial charge in [-0.3, -0.25) is 4.79 Å². The molecule has 2 aromatic rings. The molecule has 2 unspecified atom stereocenters. The Morgan fingerprint density at radius 1 is 1.17 bits per heavy atom. The first-order valence-corrected chi connectivity index (χ1v) is 9.38. The number of hydrogen-bond acceptors (Lipinski definition) is 4. The van der Waals surface area contributed by atoms with E-state index >= 15 is 0 Å². The predicted octanol–water partition coefficient (Wildman–Crippen LogP) is 3.05. The molecular formula is C21H32Cl3N3O3. The monoisotopic (exact) mass is 479 g/mol. The van der Waals surface area contributed by atoms with Crippen LogP contribution in [-0.4, -0.2) is 49.6 Å². The molecule has 0 fully saturated rings. The van der Waals surface area contributed by atoms with E-state index in [-0.39, 0.29) is 42.9 Å². The van der Waals surface area contributed by atoms with E-state index in [0.717, 1.165) is 18.0 Å². The summed E-state index contributed by atoms with van der Waals surface area (Å²) in [6.45, 7) is 2.89. The Morgan fingerprint density at radius 3 is 2.33 bits per heavy atom. The van der Waals surface area contributed by atoms with Gasteiger partial charge >= 0.3 is 0 Å². The van der Waals surface area contributed by atoms with Crippen LogP contribution in [0.5, 0.6) is 5.75 Å². The van der Waals surface area contributed by atoms with Crippen molar-refractivity contribution in [3.8, 4) is 5.75 Å². The maximum absolute atomic E-state index is 10.8. The van der Waals surface area contributed by atoms with Gasteiger partial charge in [-0.2, -0.15) is 0 Å². The number of nitrogens with zero attached hydrogens (tertiary/aromatic N) is 1. The Morgan fingerprint density at radius 2 is 1.80 bits per heavy atom. The summed E-state index contributed by atoms with van der Waals surface area (Å²) in [5, 5.41) is 4.36. The van der Waals surface area contributed by atoms with Crippen molar-refractivity contribution in [2.45, 2.75) is 25.4 Å². The third-order valence-corrected chi connectivity index (χ3v) is 4.60. The molecule has 0 saturated heterocycles. The van der Waals surface area contributed by atoms with E-state index < -0.39 is 5.91 Å². The average molecular weight is 481 g/mol. The summed E-state index contributed by atoms with van der Waals surface area (Å²) in [5.74, 6) is 0.166. The molecule has 170 valence electrons. The smallest absolute Gasteiger partial charge is 0.255 e. The number of likely N-dealkylation sites (N-methyl/N-ethyl adjacent to an activating group) is 1. The Labute approximate surface area is 196 Å². The minimum atomic E-state index is -0.480. The molecule has 0 heterocycles. The van der Waals surface area contributed by atoms with Crippen LogP contribution in [0.15, 0.2) is 48.5 Å². The minimum Gasteiger partial charge on any atom is -0.484 e. The lowest BCUT2D eigenvalue weighted by atomic mass is 10.0. The van der Waals surface area contributed by atoms with Crippen LogP contribution in [0.2, 0.25) is 5.02 Å². The summed E-state index contributed by atoms with van der Waals surface area (Å²) in [5.41, 5.74) is 7.48. The maximum Gasteiger partial charge on any atom is 0.255 e. The topological polar surface area (TPSA) is 99.1 Å². The standard InChI is InChI=1S/C21H28ClN3O2.2ClH.H2O/c1-15(11-16-7-9-19(10-8-16)27-14-21(23)26)24-13-20(25(2)3)17-5-4-6-18(22)12-17;;;/h4-10,12,15,20,24H,11,13-14H2,1-3H3,(H2,23,26);2*1H;1H2. The van der Waals surface area contributed by atoms with Crippen LogP contribution in [0.1, 0.15) is 24.1 Å². The van der Waals surface area contributed by atoms with Gasteiger partial charge in [-0.1, -0.05) is 35.9 Å². The van der Waals surface area contributed by atoms with Crippen LogP contribution in [0.25, 0.3) is 0 Å². The molecule has 5 N–H and O–H groups in total. The lowest BCUT2D eigenvalue weighted by Crippen LogP contribution is -2.36. The second kappa shape index (κ2) is 15.3. The molecule has 2 aromatic carbocycles. The van der Waals surface area contributed by atoms with Crippen molar-refractivity contribution in [3.05, 3.63) is 64.7 Å². The number of carbonyl (C=O) groups is 1. The van der Waals surface area contributed by atoms with Gasteiger partial charge in [0.15, 0.2) is 6.61 Å². The molecule has 0 aromatic heterocycles. The van der Waals surface area contributed by atoms with Crippen molar-refractivity contribution >= 4 is 42.3 Å². The van der Waals surface area contributed by atoms with Crippen LogP contribution in [0.4, 0.5) is 0 Å². The fourth-order valence-corrected chi connectivity index (χ4v) is 3.13. The number of nitrogens with two attached hydrogens (primary N) is 1. The van der Waals surface area contributed by atoms with Gasteiger partial charge in [-0.15, -0.1) is 24.8 Å². The van der Waals surface area contributed by atoms with Crippen LogP contribution >= 0.6 is 36.4 Å². The molecule has 6 nitrogen and oxygen atoms in total. The molecular weight excluding hydrogens is 449 g/mol. The van der Waals surface area contributed by atoms with E-state index in [9.17, 15) is 4.79 Å². The summed E-state index contributed by atoms with van der Waals surface area (Å²) < 4.78 is 5.28. The number of primary amides is 1. The zero-order chi connectivity index (χ0) is 19.8. The number of ether oxygens (including phenoxy) is 1. The molecule has 0 saturated carbocycles. The van der Waals surface area contributed by atoms with Crippen molar-refractivity contribution < 1.29 is 15.0 Å². The Balaban J connectivity index is 0. The first-order chi connectivity index (χ1) is 12.8. The van der Waals surface area contributed by atoms with E-state index in [1.54, 1.807) is 0 Å². The second-order valence-electron chi connectivity index (χ2n) is 6.95. The number of halogens is 3. The summed E-state index contributed by atoms with van der Waals surface area (Å²) in [4.78, 5) is 12.9. The molecule has 0 aliphatic carbocycles. The van der Waals surface area contributed by atoms with Gasteiger partial charge < -0.3 is 26.2 Å². The molecule has 0 aliphatic rings. The average Bonchev–Trinajstić information content (AvgIpc) is 2.61. The van der Waals surface area contributed by atoms with Crippen molar-refractivity contribution in [2.75, 3.05) is 27.2 Å². The number of benzene rings is 2. The number of rotatable bonds is 10. The van der Waals surface area contributed by atoms with Gasteiger partial charge in [0.05, 0.1) is 0 Å². The molecule has 0 aliphatic heterocycles. The van der Waals surface area contributed by atoms with Crippen molar-refractivity contribution in [2.24, 2.45) is 5.73 Å². The number of carbonyl (C=O) groups excluding carboxylic acids is 1. The zero-order valence-corrected chi connectivity index (χ0v) is 19.8. The van der Waals surface area contributed by atoms with Crippen LogP contribution in [-0.2, 0) is 11.2 Å². The van der Waals surface area contributed by atoms with Gasteiger partial charge in [0, 0.05) is 23.7 Å². The third kappa shape index (κ3) is 10.5. The molecule has 1 amide bonds. The van der Waals surface area contributed by atoms with Gasteiger partial charge in [-0.25, -0.2) is 0 Å². The molecule has 30 heavy (non-hydrogen) atoms. The van der Waals surface area contributed by atoms with Gasteiger partial charge in [0.1, 0.15) is 5.75 Å². The fourth-order valence-electron chi connectivity index (χ4n) is 2.93. The van der Waals surface area contributed by atoms with Gasteiger partial charge in [-0.05, 0) is 62.8 Å². The summed E-state index contributed by atoms with van der Waals surface area (Å²) in [6, 6.07) is 16.3. The number of hydrogen-bond donors (Lipinski definition) is 2. The summed E-state index contributed by atoms with van der Waals surface area (Å²) in [7, 11) is 4.14. The summed E-state index contributed by atoms with van der Waals surface area (Å²) in [6.07, 6.45) is 0.895. The first kappa shape index (κ1) is 30.7. The largest absolute Gasteiger partial charge is 0.484 e. The van der Waals surface area contributed by atoms with E-state index in [1.807, 2.05) is 42.5 Å². The van der Waals surface area contributed by atoms with E-state index in [4.69, 9.17) is 22.1 Å². The van der Waals surface area contributed by atoms with E-state index in [0.29, 0.717) is 11.8 Å². The SMILES string of the molecule is CC(Cc1ccc(OCC(N)=O)cc1)NCC(c1cccc(Cl)c1)N(C)C.Cl.Cl.O. The van der Waals surface area contributed by atoms with Crippen molar-refractivity contribution in [3.63, 3.8) is 0 Å². The molecule has 2 atom stereocenters. The van der Waals surface area contributed by atoms with Gasteiger partial charge in [0.2, 0.25) is 0 Å². The van der Waals surface area contributed by atoms with E-state index in [2.05, 4.69) is 37.3 Å². The second-order valence-corrected chi connectivity index (χ2v) is 7.38. The van der Waals surface area contributed by atoms with Crippen molar-refractivity contribution in [1.29, 1.82) is 0 Å². The zero-order valence-electron chi connectivity index (χ0n) is 17.4. The molecule has 2 rings (SSSR count). The van der Waals surface area contributed by atoms with Gasteiger partial charge in [0.25, 0.3) is 5.91 Å². The Hall–Kier alpha value is -1.54. The number of nitrogens with one attached hydrogen (secondary N) is 1. The lowest BCUT2D eigenvalue weighted by Gasteiger charge is -2.27. The quantitative estimate of drug-likeness (QED) is 0.546. The minimum absolute atomic E-state index is 0. The van der Waals surface area contributed by atoms with Crippen LogP contribution in [0.3, 0.4) is 0 Å².